The van der Waals surface area contributed by atoms with Crippen LogP contribution in [0.25, 0.3) is 0 Å². The van der Waals surface area contributed by atoms with Crippen molar-refractivity contribution in [1.82, 2.24) is 0 Å². The SMILES string of the molecule is O=[N+]([O-])c1ccc(SNc2ccc(NSc3ccc([N+](=O)[O-])cc3)cc2)cc1. The number of anilines is 2. The van der Waals surface area contributed by atoms with Gasteiger partial charge in [-0.15, -0.1) is 0 Å². The summed E-state index contributed by atoms with van der Waals surface area (Å²) in [5, 5.41) is 21.3. The summed E-state index contributed by atoms with van der Waals surface area (Å²) in [6.45, 7) is 0. The van der Waals surface area contributed by atoms with Crippen molar-refractivity contribution in [2.24, 2.45) is 0 Å². The normalized spacial score (nSPS) is 10.3. The van der Waals surface area contributed by atoms with E-state index >= 15 is 0 Å². The highest BCUT2D eigenvalue weighted by atomic mass is 32.2. The quantitative estimate of drug-likeness (QED) is 0.273. The average molecular weight is 414 g/mol. The Hall–Kier alpha value is -3.24. The van der Waals surface area contributed by atoms with E-state index in [0.717, 1.165) is 21.2 Å². The Morgan fingerprint density at radius 1 is 0.571 bits per heavy atom. The van der Waals surface area contributed by atoms with E-state index in [1.165, 1.54) is 48.2 Å². The number of rotatable bonds is 8. The molecule has 142 valence electrons. The van der Waals surface area contributed by atoms with Gasteiger partial charge in [0.05, 0.1) is 9.85 Å². The lowest BCUT2D eigenvalue weighted by Crippen LogP contribution is -1.91. The molecule has 0 radical (unpaired) electrons. The molecule has 0 aliphatic carbocycles. The zero-order chi connectivity index (χ0) is 19.9. The summed E-state index contributed by atoms with van der Waals surface area (Å²) in [6.07, 6.45) is 0. The van der Waals surface area contributed by atoms with Crippen molar-refractivity contribution in [2.45, 2.75) is 9.79 Å². The lowest BCUT2D eigenvalue weighted by atomic mass is 10.3. The largest absolute Gasteiger partial charge is 0.326 e. The van der Waals surface area contributed by atoms with Gasteiger partial charge >= 0.3 is 0 Å². The summed E-state index contributed by atoms with van der Waals surface area (Å²) < 4.78 is 6.35. The predicted octanol–water partition coefficient (Wildman–Crippen LogP) is 5.74. The third-order valence-electron chi connectivity index (χ3n) is 3.55. The van der Waals surface area contributed by atoms with Gasteiger partial charge in [-0.1, -0.05) is 0 Å². The third-order valence-corrected chi connectivity index (χ3v) is 5.24. The minimum atomic E-state index is -0.428. The summed E-state index contributed by atoms with van der Waals surface area (Å²) in [5.74, 6) is 0. The van der Waals surface area contributed by atoms with Gasteiger partial charge in [0.25, 0.3) is 11.4 Å². The number of non-ortho nitro benzene ring substituents is 2. The minimum absolute atomic E-state index is 0.0605. The number of nitrogens with zero attached hydrogens (tertiary/aromatic N) is 2. The Bertz CT molecular complexity index is 884. The molecule has 0 amide bonds. The zero-order valence-corrected chi connectivity index (χ0v) is 15.9. The van der Waals surface area contributed by atoms with Gasteiger partial charge in [0.15, 0.2) is 0 Å². The van der Waals surface area contributed by atoms with E-state index in [1.54, 1.807) is 24.3 Å². The molecule has 0 saturated carbocycles. The standard InChI is InChI=1S/C18H14N4O4S2/c23-21(24)15-5-9-17(10-6-15)27-19-13-1-2-14(4-3-13)20-28-18-11-7-16(8-12-18)22(25)26/h1-12,19-20H. The number of nitrogens with one attached hydrogen (secondary N) is 2. The first kappa shape index (κ1) is 19.5. The minimum Gasteiger partial charge on any atom is -0.326 e. The maximum absolute atomic E-state index is 10.7. The van der Waals surface area contributed by atoms with E-state index in [4.69, 9.17) is 0 Å². The van der Waals surface area contributed by atoms with Crippen LogP contribution in [0.4, 0.5) is 22.7 Å². The molecule has 3 aromatic rings. The molecule has 3 aromatic carbocycles. The fourth-order valence-corrected chi connectivity index (χ4v) is 3.40. The molecular formula is C18H14N4O4S2. The molecule has 8 nitrogen and oxygen atoms in total. The number of nitro benzene ring substituents is 2. The van der Waals surface area contributed by atoms with Gasteiger partial charge in [0.1, 0.15) is 0 Å². The molecule has 10 heteroatoms. The second-order valence-electron chi connectivity index (χ2n) is 5.49. The Morgan fingerprint density at radius 3 is 1.18 bits per heavy atom. The monoisotopic (exact) mass is 414 g/mol. The van der Waals surface area contributed by atoms with Crippen molar-refractivity contribution < 1.29 is 9.85 Å². The number of hydrogen-bond donors (Lipinski definition) is 2. The highest BCUT2D eigenvalue weighted by Gasteiger charge is 2.05. The molecule has 0 atom stereocenters. The summed E-state index contributed by atoms with van der Waals surface area (Å²) in [4.78, 5) is 22.2. The van der Waals surface area contributed by atoms with Crippen LogP contribution in [0.1, 0.15) is 0 Å². The van der Waals surface area contributed by atoms with E-state index in [0.29, 0.717) is 0 Å². The van der Waals surface area contributed by atoms with E-state index in [1.807, 2.05) is 24.3 Å². The second kappa shape index (κ2) is 9.11. The van der Waals surface area contributed by atoms with Crippen molar-refractivity contribution in [3.8, 4) is 0 Å². The van der Waals surface area contributed by atoms with Gasteiger partial charge < -0.3 is 9.44 Å². The summed E-state index contributed by atoms with van der Waals surface area (Å²) >= 11 is 2.72. The summed E-state index contributed by atoms with van der Waals surface area (Å²) in [7, 11) is 0. The Morgan fingerprint density at radius 2 is 0.893 bits per heavy atom. The van der Waals surface area contributed by atoms with Crippen LogP contribution in [0.2, 0.25) is 0 Å². The molecule has 0 aromatic heterocycles. The van der Waals surface area contributed by atoms with E-state index in [2.05, 4.69) is 9.44 Å². The van der Waals surface area contributed by atoms with Gasteiger partial charge in [-0.2, -0.15) is 0 Å². The molecule has 0 saturated heterocycles. The molecule has 3 rings (SSSR count). The molecule has 0 heterocycles. The highest BCUT2D eigenvalue weighted by molar-refractivity contribution is 8.00. The van der Waals surface area contributed by atoms with Crippen LogP contribution in [-0.4, -0.2) is 9.85 Å². The Balaban J connectivity index is 1.50. The lowest BCUT2D eigenvalue weighted by Gasteiger charge is -2.08. The number of nitro groups is 2. The second-order valence-corrected chi connectivity index (χ2v) is 7.25. The van der Waals surface area contributed by atoms with Crippen LogP contribution in [0.5, 0.6) is 0 Å². The first-order valence-corrected chi connectivity index (χ1v) is 9.59. The fraction of sp³-hybridized carbons (Fsp3) is 0. The van der Waals surface area contributed by atoms with Gasteiger partial charge in [-0.3, -0.25) is 20.2 Å². The predicted molar refractivity (Wildman–Crippen MR) is 112 cm³/mol. The molecule has 28 heavy (non-hydrogen) atoms. The zero-order valence-electron chi connectivity index (χ0n) is 14.3. The molecular weight excluding hydrogens is 400 g/mol. The third kappa shape index (κ3) is 5.38. The van der Waals surface area contributed by atoms with Crippen molar-refractivity contribution in [1.29, 1.82) is 0 Å². The molecule has 0 aliphatic heterocycles. The summed E-state index contributed by atoms with van der Waals surface area (Å²) in [6, 6.07) is 20.2. The van der Waals surface area contributed by atoms with Crippen molar-refractivity contribution in [2.75, 3.05) is 9.44 Å². The van der Waals surface area contributed by atoms with Crippen LogP contribution < -0.4 is 9.44 Å². The Kier molecular flexibility index (Phi) is 6.35. The van der Waals surface area contributed by atoms with Crippen molar-refractivity contribution >= 4 is 46.6 Å². The van der Waals surface area contributed by atoms with Gasteiger partial charge in [-0.25, -0.2) is 0 Å². The van der Waals surface area contributed by atoms with E-state index in [9.17, 15) is 20.2 Å². The van der Waals surface area contributed by atoms with Crippen LogP contribution >= 0.6 is 23.9 Å². The number of hydrogen-bond acceptors (Lipinski definition) is 8. The first-order chi connectivity index (χ1) is 13.5. The van der Waals surface area contributed by atoms with Crippen molar-refractivity contribution in [3.63, 3.8) is 0 Å². The topological polar surface area (TPSA) is 110 Å². The van der Waals surface area contributed by atoms with Gasteiger partial charge in [0.2, 0.25) is 0 Å². The van der Waals surface area contributed by atoms with Crippen molar-refractivity contribution in [3.05, 3.63) is 93.0 Å². The molecule has 0 bridgehead atoms. The van der Waals surface area contributed by atoms with Crippen LogP contribution in [0, 0.1) is 20.2 Å². The maximum Gasteiger partial charge on any atom is 0.269 e. The van der Waals surface area contributed by atoms with Crippen LogP contribution in [-0.2, 0) is 0 Å². The summed E-state index contributed by atoms with van der Waals surface area (Å²) in [5.41, 5.74) is 1.89. The molecule has 0 unspecified atom stereocenters. The maximum atomic E-state index is 10.7. The molecule has 2 N–H and O–H groups in total. The fourth-order valence-electron chi connectivity index (χ4n) is 2.11. The number of benzene rings is 3. The molecule has 0 fully saturated rings. The van der Waals surface area contributed by atoms with Crippen LogP contribution in [0.3, 0.4) is 0 Å². The van der Waals surface area contributed by atoms with Gasteiger partial charge in [-0.05, 0) is 72.4 Å². The van der Waals surface area contributed by atoms with E-state index < -0.39 is 9.85 Å². The smallest absolute Gasteiger partial charge is 0.269 e. The Labute approximate surface area is 168 Å². The first-order valence-electron chi connectivity index (χ1n) is 7.96. The highest BCUT2D eigenvalue weighted by Crippen LogP contribution is 2.26. The van der Waals surface area contributed by atoms with Gasteiger partial charge in [0, 0.05) is 45.4 Å². The molecule has 0 spiro atoms. The van der Waals surface area contributed by atoms with Crippen LogP contribution in [0.15, 0.2) is 82.6 Å². The lowest BCUT2D eigenvalue weighted by molar-refractivity contribution is -0.385. The average Bonchev–Trinajstić information content (AvgIpc) is 2.72. The van der Waals surface area contributed by atoms with E-state index in [-0.39, 0.29) is 11.4 Å². The molecule has 0 aliphatic rings.